The number of hydrogen-bond donors (Lipinski definition) is 1. The van der Waals surface area contributed by atoms with Gasteiger partial charge in [0, 0.05) is 28.3 Å². The van der Waals surface area contributed by atoms with Crippen molar-refractivity contribution in [2.45, 2.75) is 17.4 Å². The Morgan fingerprint density at radius 2 is 2.05 bits per heavy atom. The van der Waals surface area contributed by atoms with Crippen LogP contribution >= 0.6 is 38.6 Å². The smallest absolute Gasteiger partial charge is 0.252 e. The highest BCUT2D eigenvalue weighted by Crippen LogP contribution is 2.26. The lowest BCUT2D eigenvalue weighted by atomic mass is 10.4. The fourth-order valence-electron chi connectivity index (χ4n) is 1.47. The van der Waals surface area contributed by atoms with E-state index >= 15 is 0 Å². The second-order valence-electron chi connectivity index (χ2n) is 3.92. The van der Waals surface area contributed by atoms with E-state index in [2.05, 4.69) is 15.9 Å². The van der Waals surface area contributed by atoms with E-state index in [0.717, 1.165) is 20.7 Å². The van der Waals surface area contributed by atoms with Crippen LogP contribution in [0, 0.1) is 0 Å². The molecule has 0 aromatic carbocycles. The second kappa shape index (κ2) is 6.02. The summed E-state index contributed by atoms with van der Waals surface area (Å²) in [6, 6.07) is 3.42. The van der Waals surface area contributed by atoms with E-state index in [4.69, 9.17) is 5.11 Å². The molecule has 0 fully saturated rings. The molecule has 104 valence electrons. The quantitative estimate of drug-likeness (QED) is 0.865. The van der Waals surface area contributed by atoms with Crippen molar-refractivity contribution in [2.24, 2.45) is 0 Å². The molecule has 0 amide bonds. The molecule has 2 aromatic rings. The van der Waals surface area contributed by atoms with Gasteiger partial charge < -0.3 is 5.11 Å². The number of hydrogen-bond acceptors (Lipinski definition) is 5. The Kier molecular flexibility index (Phi) is 4.80. The van der Waals surface area contributed by atoms with Gasteiger partial charge in [-0.25, -0.2) is 8.42 Å². The predicted octanol–water partition coefficient (Wildman–Crippen LogP) is 2.89. The zero-order valence-electron chi connectivity index (χ0n) is 10.0. The summed E-state index contributed by atoms with van der Waals surface area (Å²) in [5.74, 6) is 0. The lowest BCUT2D eigenvalue weighted by molar-refractivity contribution is 0.282. The zero-order chi connectivity index (χ0) is 14.0. The van der Waals surface area contributed by atoms with Gasteiger partial charge in [0.2, 0.25) is 0 Å². The Bertz CT molecular complexity index is 662. The van der Waals surface area contributed by atoms with Crippen LogP contribution in [0.5, 0.6) is 0 Å². The summed E-state index contributed by atoms with van der Waals surface area (Å²) in [6.07, 6.45) is 0. The summed E-state index contributed by atoms with van der Waals surface area (Å²) in [5, 5.41) is 12.6. The van der Waals surface area contributed by atoms with Gasteiger partial charge in [-0.3, -0.25) is 0 Å². The highest BCUT2D eigenvalue weighted by molar-refractivity contribution is 9.10. The monoisotopic (exact) mass is 381 g/mol. The fraction of sp³-hybridized carbons (Fsp3) is 0.273. The summed E-state index contributed by atoms with van der Waals surface area (Å²) in [6.45, 7) is 0.193. The van der Waals surface area contributed by atoms with E-state index in [1.165, 1.54) is 21.7 Å². The molecule has 0 aliphatic heterocycles. The first-order valence-electron chi connectivity index (χ1n) is 5.31. The summed E-state index contributed by atoms with van der Waals surface area (Å²) in [5.41, 5.74) is 0.621. The molecule has 19 heavy (non-hydrogen) atoms. The van der Waals surface area contributed by atoms with Crippen LogP contribution in [0.15, 0.2) is 31.6 Å². The van der Waals surface area contributed by atoms with Crippen LogP contribution in [0.1, 0.15) is 10.4 Å². The maximum absolute atomic E-state index is 12.3. The molecule has 2 aromatic heterocycles. The van der Waals surface area contributed by atoms with Gasteiger partial charge in [-0.1, -0.05) is 0 Å². The lowest BCUT2D eigenvalue weighted by Gasteiger charge is -2.14. The Labute approximate surface area is 128 Å². The van der Waals surface area contributed by atoms with Gasteiger partial charge in [0.25, 0.3) is 10.0 Å². The van der Waals surface area contributed by atoms with Gasteiger partial charge in [0.05, 0.1) is 6.61 Å². The fourth-order valence-corrected chi connectivity index (χ4v) is 5.61. The average Bonchev–Trinajstić information content (AvgIpc) is 2.98. The van der Waals surface area contributed by atoms with Crippen molar-refractivity contribution >= 4 is 48.6 Å². The highest BCUT2D eigenvalue weighted by atomic mass is 79.9. The lowest BCUT2D eigenvalue weighted by Crippen LogP contribution is -2.25. The van der Waals surface area contributed by atoms with E-state index in [0.29, 0.717) is 12.1 Å². The van der Waals surface area contributed by atoms with Crippen LogP contribution in [0.2, 0.25) is 0 Å². The first-order valence-corrected chi connectivity index (χ1v) is 9.30. The standard InChI is InChI=1S/C11H12BrNO3S3/c1-13(4-10-3-9(12)7-17-10)19(15,16)11-2-8(5-14)6-18-11/h2-3,6-7,14H,4-5H2,1H3. The first-order chi connectivity index (χ1) is 8.93. The molecule has 0 radical (unpaired) electrons. The SMILES string of the molecule is CN(Cc1cc(Br)cs1)S(=O)(=O)c1cc(CO)cs1. The largest absolute Gasteiger partial charge is 0.392 e. The predicted molar refractivity (Wildman–Crippen MR) is 80.9 cm³/mol. The normalized spacial score (nSPS) is 12.2. The third-order valence-corrected chi connectivity index (χ3v) is 7.43. The molecule has 0 saturated heterocycles. The molecule has 2 heterocycles. The number of thiophene rings is 2. The summed E-state index contributed by atoms with van der Waals surface area (Å²) < 4.78 is 27.2. The van der Waals surface area contributed by atoms with Gasteiger partial charge in [-0.15, -0.1) is 22.7 Å². The molecule has 0 atom stereocenters. The molecule has 1 N–H and O–H groups in total. The van der Waals surface area contributed by atoms with E-state index in [-0.39, 0.29) is 10.8 Å². The van der Waals surface area contributed by atoms with Gasteiger partial charge in [0.1, 0.15) is 4.21 Å². The van der Waals surface area contributed by atoms with Crippen molar-refractivity contribution in [3.8, 4) is 0 Å². The molecule has 2 rings (SSSR count). The zero-order valence-corrected chi connectivity index (χ0v) is 14.1. The number of aliphatic hydroxyl groups is 1. The average molecular weight is 382 g/mol. The minimum atomic E-state index is -3.49. The van der Waals surface area contributed by atoms with E-state index < -0.39 is 10.0 Å². The van der Waals surface area contributed by atoms with Crippen molar-refractivity contribution in [3.05, 3.63) is 37.8 Å². The number of rotatable bonds is 5. The number of sulfonamides is 1. The Morgan fingerprint density at radius 1 is 1.32 bits per heavy atom. The van der Waals surface area contributed by atoms with E-state index in [1.54, 1.807) is 12.4 Å². The Balaban J connectivity index is 2.19. The minimum absolute atomic E-state index is 0.145. The third-order valence-electron chi connectivity index (χ3n) is 2.48. The van der Waals surface area contributed by atoms with E-state index in [9.17, 15) is 8.42 Å². The summed E-state index contributed by atoms with van der Waals surface area (Å²) in [4.78, 5) is 0.969. The maximum Gasteiger partial charge on any atom is 0.252 e. The van der Waals surface area contributed by atoms with Crippen LogP contribution in [0.25, 0.3) is 0 Å². The van der Waals surface area contributed by atoms with Crippen molar-refractivity contribution in [3.63, 3.8) is 0 Å². The van der Waals surface area contributed by atoms with Gasteiger partial charge in [-0.05, 0) is 39.0 Å². The van der Waals surface area contributed by atoms with Crippen molar-refractivity contribution in [2.75, 3.05) is 7.05 Å². The van der Waals surface area contributed by atoms with Crippen LogP contribution in [-0.4, -0.2) is 24.9 Å². The molecule has 0 unspecified atom stereocenters. The Morgan fingerprint density at radius 3 is 2.58 bits per heavy atom. The molecular weight excluding hydrogens is 370 g/mol. The summed E-state index contributed by atoms with van der Waals surface area (Å²) in [7, 11) is -1.93. The van der Waals surface area contributed by atoms with Crippen molar-refractivity contribution in [1.29, 1.82) is 0 Å². The number of aliphatic hydroxyl groups excluding tert-OH is 1. The maximum atomic E-state index is 12.3. The molecule has 0 spiro atoms. The topological polar surface area (TPSA) is 57.6 Å². The molecular formula is C11H12BrNO3S3. The molecule has 0 saturated carbocycles. The molecule has 8 heteroatoms. The minimum Gasteiger partial charge on any atom is -0.392 e. The third kappa shape index (κ3) is 3.45. The molecule has 0 aliphatic carbocycles. The van der Waals surface area contributed by atoms with E-state index in [1.807, 2.05) is 11.4 Å². The summed E-state index contributed by atoms with van der Waals surface area (Å²) >= 11 is 5.99. The number of halogens is 1. The van der Waals surface area contributed by atoms with Crippen LogP contribution in [-0.2, 0) is 23.2 Å². The molecule has 0 aliphatic rings. The van der Waals surface area contributed by atoms with Crippen molar-refractivity contribution in [1.82, 2.24) is 4.31 Å². The second-order valence-corrected chi connectivity index (χ2v) is 9.02. The first kappa shape index (κ1) is 15.1. The van der Waals surface area contributed by atoms with Gasteiger partial charge in [-0.2, -0.15) is 4.31 Å². The van der Waals surface area contributed by atoms with Crippen molar-refractivity contribution < 1.29 is 13.5 Å². The molecule has 4 nitrogen and oxygen atoms in total. The van der Waals surface area contributed by atoms with Gasteiger partial charge >= 0.3 is 0 Å². The molecule has 0 bridgehead atoms. The van der Waals surface area contributed by atoms with Crippen LogP contribution in [0.3, 0.4) is 0 Å². The number of nitrogens with zero attached hydrogens (tertiary/aromatic N) is 1. The Hall–Kier alpha value is -0.250. The van der Waals surface area contributed by atoms with Crippen LogP contribution < -0.4 is 0 Å². The van der Waals surface area contributed by atoms with Crippen LogP contribution in [0.4, 0.5) is 0 Å². The van der Waals surface area contributed by atoms with Gasteiger partial charge in [0.15, 0.2) is 0 Å². The highest BCUT2D eigenvalue weighted by Gasteiger charge is 2.23.